The fraction of sp³-hybridized carbons (Fsp3) is 0.273. The number of methoxy groups -OCH3 is 1. The SMILES string of the molecule is COC(=O)CSCC(=O)c1cccc(F)c1. The van der Waals surface area contributed by atoms with Gasteiger partial charge in [-0.2, -0.15) is 0 Å². The molecule has 0 spiro atoms. The number of ketones is 1. The van der Waals surface area contributed by atoms with E-state index in [9.17, 15) is 14.0 Å². The minimum absolute atomic E-state index is 0.123. The lowest BCUT2D eigenvalue weighted by molar-refractivity contribution is -0.137. The molecule has 5 heteroatoms. The molecule has 3 nitrogen and oxygen atoms in total. The standard InChI is InChI=1S/C11H11FO3S/c1-15-11(14)7-16-6-10(13)8-3-2-4-9(12)5-8/h2-5H,6-7H2,1H3. The Morgan fingerprint density at radius 3 is 2.75 bits per heavy atom. The second kappa shape index (κ2) is 6.27. The predicted molar refractivity (Wildman–Crippen MR) is 60.1 cm³/mol. The molecule has 0 heterocycles. The first-order valence-electron chi connectivity index (χ1n) is 4.57. The summed E-state index contributed by atoms with van der Waals surface area (Å²) in [6.07, 6.45) is 0. The molecule has 0 saturated carbocycles. The first kappa shape index (κ1) is 12.7. The predicted octanol–water partition coefficient (Wildman–Crippen LogP) is 1.91. The van der Waals surface area contributed by atoms with Crippen molar-refractivity contribution < 1.29 is 18.7 Å². The van der Waals surface area contributed by atoms with E-state index in [0.717, 1.165) is 11.8 Å². The van der Waals surface area contributed by atoms with Crippen molar-refractivity contribution in [2.75, 3.05) is 18.6 Å². The van der Waals surface area contributed by atoms with Crippen molar-refractivity contribution in [3.05, 3.63) is 35.6 Å². The highest BCUT2D eigenvalue weighted by Crippen LogP contribution is 2.09. The number of hydrogen-bond donors (Lipinski definition) is 0. The molecule has 0 saturated heterocycles. The summed E-state index contributed by atoms with van der Waals surface area (Å²) in [7, 11) is 1.29. The Labute approximate surface area is 97.0 Å². The molecule has 0 aliphatic heterocycles. The third kappa shape index (κ3) is 4.02. The summed E-state index contributed by atoms with van der Waals surface area (Å²) in [5, 5.41) is 0. The number of hydrogen-bond acceptors (Lipinski definition) is 4. The maximum absolute atomic E-state index is 12.8. The summed E-state index contributed by atoms with van der Waals surface area (Å²) in [4.78, 5) is 22.3. The Balaban J connectivity index is 2.44. The van der Waals surface area contributed by atoms with Crippen LogP contribution in [-0.4, -0.2) is 30.4 Å². The zero-order valence-corrected chi connectivity index (χ0v) is 9.55. The smallest absolute Gasteiger partial charge is 0.315 e. The molecule has 0 atom stereocenters. The van der Waals surface area contributed by atoms with Gasteiger partial charge in [-0.3, -0.25) is 9.59 Å². The van der Waals surface area contributed by atoms with Crippen LogP contribution < -0.4 is 0 Å². The quantitative estimate of drug-likeness (QED) is 0.584. The zero-order valence-electron chi connectivity index (χ0n) is 8.73. The maximum Gasteiger partial charge on any atom is 0.315 e. The number of ether oxygens (including phenoxy) is 1. The number of esters is 1. The highest BCUT2D eigenvalue weighted by atomic mass is 32.2. The Kier molecular flexibility index (Phi) is 4.98. The Morgan fingerprint density at radius 2 is 2.12 bits per heavy atom. The molecule has 1 rings (SSSR count). The fourth-order valence-electron chi connectivity index (χ4n) is 1.03. The van der Waals surface area contributed by atoms with Crippen LogP contribution in [0, 0.1) is 5.82 Å². The lowest BCUT2D eigenvalue weighted by Crippen LogP contribution is -2.08. The fourth-order valence-corrected chi connectivity index (χ4v) is 1.77. The van der Waals surface area contributed by atoms with Crippen LogP contribution in [0.25, 0.3) is 0 Å². The minimum Gasteiger partial charge on any atom is -0.468 e. The molecule has 0 aromatic heterocycles. The van der Waals surface area contributed by atoms with E-state index >= 15 is 0 Å². The molecule has 0 N–H and O–H groups in total. The zero-order chi connectivity index (χ0) is 12.0. The number of rotatable bonds is 5. The Morgan fingerprint density at radius 1 is 1.38 bits per heavy atom. The Bertz CT molecular complexity index is 393. The molecular weight excluding hydrogens is 231 g/mol. The van der Waals surface area contributed by atoms with Crippen molar-refractivity contribution in [1.29, 1.82) is 0 Å². The number of Topliss-reactive ketones (excluding diaryl/α,β-unsaturated/α-hetero) is 1. The van der Waals surface area contributed by atoms with Crippen LogP contribution in [0.2, 0.25) is 0 Å². The highest BCUT2D eigenvalue weighted by Gasteiger charge is 2.08. The molecule has 0 amide bonds. The first-order valence-corrected chi connectivity index (χ1v) is 5.72. The van der Waals surface area contributed by atoms with E-state index < -0.39 is 5.82 Å². The summed E-state index contributed by atoms with van der Waals surface area (Å²) in [5.41, 5.74) is 0.317. The van der Waals surface area contributed by atoms with Crippen molar-refractivity contribution in [3.63, 3.8) is 0 Å². The number of carbonyl (C=O) groups is 2. The summed E-state index contributed by atoms with van der Waals surface area (Å²) < 4.78 is 17.2. The van der Waals surface area contributed by atoms with E-state index in [2.05, 4.69) is 4.74 Å². The molecule has 16 heavy (non-hydrogen) atoms. The van der Waals surface area contributed by atoms with Crippen LogP contribution in [-0.2, 0) is 9.53 Å². The van der Waals surface area contributed by atoms with E-state index in [1.54, 1.807) is 6.07 Å². The number of thioether (sulfide) groups is 1. The molecule has 0 fully saturated rings. The van der Waals surface area contributed by atoms with Gasteiger partial charge >= 0.3 is 5.97 Å². The van der Waals surface area contributed by atoms with Crippen molar-refractivity contribution in [3.8, 4) is 0 Å². The second-order valence-electron chi connectivity index (χ2n) is 3.00. The maximum atomic E-state index is 12.8. The molecule has 0 unspecified atom stereocenters. The first-order chi connectivity index (χ1) is 7.63. The summed E-state index contributed by atoms with van der Waals surface area (Å²) in [6, 6.07) is 5.48. The van der Waals surface area contributed by atoms with Crippen molar-refractivity contribution in [2.24, 2.45) is 0 Å². The molecule has 0 radical (unpaired) electrons. The molecule has 0 aliphatic carbocycles. The van der Waals surface area contributed by atoms with Gasteiger partial charge in [0.1, 0.15) is 5.82 Å². The van der Waals surface area contributed by atoms with E-state index in [0.29, 0.717) is 5.56 Å². The van der Waals surface area contributed by atoms with Gasteiger partial charge in [-0.05, 0) is 12.1 Å². The van der Waals surface area contributed by atoms with Gasteiger partial charge in [-0.1, -0.05) is 12.1 Å². The molecule has 1 aromatic carbocycles. The van der Waals surface area contributed by atoms with Gasteiger partial charge in [-0.25, -0.2) is 4.39 Å². The lowest BCUT2D eigenvalue weighted by Gasteiger charge is -2.01. The minimum atomic E-state index is -0.441. The molecule has 1 aromatic rings. The third-order valence-electron chi connectivity index (χ3n) is 1.83. The van der Waals surface area contributed by atoms with Gasteiger partial charge in [0.15, 0.2) is 5.78 Å². The normalized spacial score (nSPS) is 9.88. The molecule has 0 aliphatic rings. The Hall–Kier alpha value is -1.36. The van der Waals surface area contributed by atoms with E-state index in [-0.39, 0.29) is 23.3 Å². The monoisotopic (exact) mass is 242 g/mol. The van der Waals surface area contributed by atoms with E-state index in [1.165, 1.54) is 25.3 Å². The van der Waals surface area contributed by atoms with Crippen molar-refractivity contribution >= 4 is 23.5 Å². The lowest BCUT2D eigenvalue weighted by atomic mass is 10.1. The van der Waals surface area contributed by atoms with E-state index in [1.807, 2.05) is 0 Å². The summed E-state index contributed by atoms with van der Waals surface area (Å²) >= 11 is 1.15. The topological polar surface area (TPSA) is 43.4 Å². The van der Waals surface area contributed by atoms with Crippen LogP contribution in [0.5, 0.6) is 0 Å². The average Bonchev–Trinajstić information content (AvgIpc) is 2.28. The largest absolute Gasteiger partial charge is 0.468 e. The van der Waals surface area contributed by atoms with E-state index in [4.69, 9.17) is 0 Å². The van der Waals surface area contributed by atoms with Crippen LogP contribution in [0.3, 0.4) is 0 Å². The number of carbonyl (C=O) groups excluding carboxylic acids is 2. The molecular formula is C11H11FO3S. The van der Waals surface area contributed by atoms with Crippen molar-refractivity contribution in [2.45, 2.75) is 0 Å². The molecule has 86 valence electrons. The van der Waals surface area contributed by atoms with Crippen LogP contribution in [0.15, 0.2) is 24.3 Å². The second-order valence-corrected chi connectivity index (χ2v) is 3.99. The van der Waals surface area contributed by atoms with Gasteiger partial charge in [0.05, 0.1) is 18.6 Å². The molecule has 0 bridgehead atoms. The van der Waals surface area contributed by atoms with Crippen molar-refractivity contribution in [1.82, 2.24) is 0 Å². The summed E-state index contributed by atoms with van der Waals surface area (Å²) in [6.45, 7) is 0. The van der Waals surface area contributed by atoms with Crippen LogP contribution >= 0.6 is 11.8 Å². The number of halogens is 1. The van der Waals surface area contributed by atoms with Crippen LogP contribution in [0.4, 0.5) is 4.39 Å². The van der Waals surface area contributed by atoms with Gasteiger partial charge < -0.3 is 4.74 Å². The average molecular weight is 242 g/mol. The number of benzene rings is 1. The van der Waals surface area contributed by atoms with Gasteiger partial charge in [0.2, 0.25) is 0 Å². The van der Waals surface area contributed by atoms with Gasteiger partial charge in [0, 0.05) is 5.56 Å². The van der Waals surface area contributed by atoms with Gasteiger partial charge in [-0.15, -0.1) is 11.8 Å². The van der Waals surface area contributed by atoms with Gasteiger partial charge in [0.25, 0.3) is 0 Å². The van der Waals surface area contributed by atoms with Crippen LogP contribution in [0.1, 0.15) is 10.4 Å². The third-order valence-corrected chi connectivity index (χ3v) is 2.73. The summed E-state index contributed by atoms with van der Waals surface area (Å²) in [5.74, 6) is -0.759. The highest BCUT2D eigenvalue weighted by molar-refractivity contribution is 8.00.